The summed E-state index contributed by atoms with van der Waals surface area (Å²) in [6.45, 7) is 4.29. The van der Waals surface area contributed by atoms with Gasteiger partial charge in [0.2, 0.25) is 11.7 Å². The van der Waals surface area contributed by atoms with Gasteiger partial charge in [0.15, 0.2) is 0 Å². The van der Waals surface area contributed by atoms with E-state index >= 15 is 0 Å². The zero-order valence-electron chi connectivity index (χ0n) is 14.9. The van der Waals surface area contributed by atoms with Crippen LogP contribution in [0, 0.1) is 0 Å². The van der Waals surface area contributed by atoms with Gasteiger partial charge < -0.3 is 9.84 Å². The second-order valence-corrected chi connectivity index (χ2v) is 6.21. The fourth-order valence-electron chi connectivity index (χ4n) is 2.58. The average molecular weight is 374 g/mol. The summed E-state index contributed by atoms with van der Waals surface area (Å²) in [6.07, 6.45) is 1.38. The summed E-state index contributed by atoms with van der Waals surface area (Å²) in [5, 5.41) is 11.5. The van der Waals surface area contributed by atoms with E-state index in [4.69, 9.17) is 16.1 Å². The largest absolute Gasteiger partial charge is 0.347 e. The number of rotatable bonds is 6. The Hall–Kier alpha value is -2.67. The molecule has 136 valence electrons. The number of aryl methyl sites for hydroxylation is 3. The van der Waals surface area contributed by atoms with Crippen molar-refractivity contribution in [2.45, 2.75) is 33.2 Å². The maximum Gasteiger partial charge on any atom is 0.271 e. The SMILES string of the molecule is CCc1nc(-c2ccc(CNC(=O)c3c(Cl)c(CC)nn3C)cc2)no1. The van der Waals surface area contributed by atoms with Crippen LogP contribution in [0.3, 0.4) is 0 Å². The Morgan fingerprint density at radius 1 is 1.23 bits per heavy atom. The molecule has 0 atom stereocenters. The van der Waals surface area contributed by atoms with Crippen LogP contribution in [-0.4, -0.2) is 25.8 Å². The number of hydrogen-bond acceptors (Lipinski definition) is 5. The quantitative estimate of drug-likeness (QED) is 0.717. The second-order valence-electron chi connectivity index (χ2n) is 5.83. The molecule has 1 aromatic carbocycles. The van der Waals surface area contributed by atoms with Gasteiger partial charge in [0.25, 0.3) is 5.91 Å². The van der Waals surface area contributed by atoms with Crippen LogP contribution in [0.15, 0.2) is 28.8 Å². The highest BCUT2D eigenvalue weighted by Gasteiger charge is 2.19. The molecule has 0 aliphatic rings. The molecule has 0 aliphatic heterocycles. The van der Waals surface area contributed by atoms with E-state index in [1.807, 2.05) is 38.1 Å². The van der Waals surface area contributed by atoms with Crippen LogP contribution in [0.1, 0.15) is 41.5 Å². The number of benzene rings is 1. The van der Waals surface area contributed by atoms with E-state index in [1.165, 1.54) is 4.68 Å². The highest BCUT2D eigenvalue weighted by atomic mass is 35.5. The summed E-state index contributed by atoms with van der Waals surface area (Å²) in [5.74, 6) is 0.918. The summed E-state index contributed by atoms with van der Waals surface area (Å²) in [5.41, 5.74) is 2.91. The zero-order valence-corrected chi connectivity index (χ0v) is 15.7. The van der Waals surface area contributed by atoms with Crippen molar-refractivity contribution in [2.24, 2.45) is 7.05 Å². The van der Waals surface area contributed by atoms with E-state index in [9.17, 15) is 4.79 Å². The molecular weight excluding hydrogens is 354 g/mol. The lowest BCUT2D eigenvalue weighted by atomic mass is 10.1. The lowest BCUT2D eigenvalue weighted by Crippen LogP contribution is -2.25. The molecule has 2 aromatic heterocycles. The Morgan fingerprint density at radius 2 is 1.96 bits per heavy atom. The molecule has 0 saturated heterocycles. The van der Waals surface area contributed by atoms with E-state index in [2.05, 4.69) is 20.6 Å². The van der Waals surface area contributed by atoms with Crippen LogP contribution in [0.4, 0.5) is 0 Å². The smallest absolute Gasteiger partial charge is 0.271 e. The predicted octanol–water partition coefficient (Wildman–Crippen LogP) is 3.18. The minimum atomic E-state index is -0.250. The van der Waals surface area contributed by atoms with Crippen LogP contribution in [-0.2, 0) is 26.4 Å². The first-order chi connectivity index (χ1) is 12.5. The number of amides is 1. The third-order valence-electron chi connectivity index (χ3n) is 4.04. The number of hydrogen-bond donors (Lipinski definition) is 1. The lowest BCUT2D eigenvalue weighted by molar-refractivity contribution is 0.0941. The number of carbonyl (C=O) groups excluding carboxylic acids is 1. The van der Waals surface area contributed by atoms with Gasteiger partial charge >= 0.3 is 0 Å². The number of halogens is 1. The van der Waals surface area contributed by atoms with Crippen molar-refractivity contribution < 1.29 is 9.32 Å². The highest BCUT2D eigenvalue weighted by molar-refractivity contribution is 6.34. The highest BCUT2D eigenvalue weighted by Crippen LogP contribution is 2.21. The van der Waals surface area contributed by atoms with Crippen LogP contribution in [0.25, 0.3) is 11.4 Å². The summed E-state index contributed by atoms with van der Waals surface area (Å²) in [6, 6.07) is 7.63. The first kappa shape index (κ1) is 18.1. The standard InChI is InChI=1S/C18H20ClN5O2/c1-4-13-15(19)16(24(3)22-13)18(25)20-10-11-6-8-12(9-7-11)17-21-14(5-2)26-23-17/h6-9H,4-5,10H2,1-3H3,(H,20,25). The first-order valence-corrected chi connectivity index (χ1v) is 8.82. The van der Waals surface area contributed by atoms with Crippen molar-refractivity contribution in [1.29, 1.82) is 0 Å². The summed E-state index contributed by atoms with van der Waals surface area (Å²) in [7, 11) is 1.71. The van der Waals surface area contributed by atoms with E-state index < -0.39 is 0 Å². The molecule has 26 heavy (non-hydrogen) atoms. The molecule has 3 rings (SSSR count). The fourth-order valence-corrected chi connectivity index (χ4v) is 2.96. The molecule has 0 bridgehead atoms. The van der Waals surface area contributed by atoms with Gasteiger partial charge in [-0.1, -0.05) is 54.9 Å². The summed E-state index contributed by atoms with van der Waals surface area (Å²) < 4.78 is 6.64. The molecule has 3 aromatic rings. The first-order valence-electron chi connectivity index (χ1n) is 8.44. The summed E-state index contributed by atoms with van der Waals surface area (Å²) >= 11 is 6.24. The van der Waals surface area contributed by atoms with Crippen LogP contribution in [0.5, 0.6) is 0 Å². The van der Waals surface area contributed by atoms with Gasteiger partial charge in [0, 0.05) is 25.6 Å². The van der Waals surface area contributed by atoms with Gasteiger partial charge in [0.1, 0.15) is 5.69 Å². The van der Waals surface area contributed by atoms with Crippen LogP contribution < -0.4 is 5.32 Å². The van der Waals surface area contributed by atoms with Crippen LogP contribution >= 0.6 is 11.6 Å². The molecule has 0 unspecified atom stereocenters. The monoisotopic (exact) mass is 373 g/mol. The van der Waals surface area contributed by atoms with Gasteiger partial charge in [-0.25, -0.2) is 0 Å². The molecule has 0 saturated carbocycles. The minimum Gasteiger partial charge on any atom is -0.347 e. The van der Waals surface area contributed by atoms with Crippen molar-refractivity contribution in [3.05, 3.63) is 52.1 Å². The second kappa shape index (κ2) is 7.70. The van der Waals surface area contributed by atoms with Crippen molar-refractivity contribution in [1.82, 2.24) is 25.2 Å². The van der Waals surface area contributed by atoms with E-state index in [-0.39, 0.29) is 5.91 Å². The molecule has 2 heterocycles. The summed E-state index contributed by atoms with van der Waals surface area (Å²) in [4.78, 5) is 16.7. The molecule has 1 amide bonds. The van der Waals surface area contributed by atoms with Gasteiger partial charge in [0.05, 0.1) is 10.7 Å². The molecule has 0 spiro atoms. The molecule has 0 radical (unpaired) electrons. The third-order valence-corrected chi connectivity index (χ3v) is 4.44. The minimum absolute atomic E-state index is 0.250. The Kier molecular flexibility index (Phi) is 5.37. The van der Waals surface area contributed by atoms with Crippen molar-refractivity contribution in [2.75, 3.05) is 0 Å². The number of carbonyl (C=O) groups is 1. The van der Waals surface area contributed by atoms with Crippen molar-refractivity contribution >= 4 is 17.5 Å². The predicted molar refractivity (Wildman–Crippen MR) is 97.9 cm³/mol. The molecule has 1 N–H and O–H groups in total. The van der Waals surface area contributed by atoms with E-state index in [1.54, 1.807) is 7.05 Å². The fraction of sp³-hybridized carbons (Fsp3) is 0.333. The van der Waals surface area contributed by atoms with Crippen molar-refractivity contribution in [3.8, 4) is 11.4 Å². The topological polar surface area (TPSA) is 85.8 Å². The Balaban J connectivity index is 1.66. The Morgan fingerprint density at radius 3 is 2.54 bits per heavy atom. The molecule has 7 nitrogen and oxygen atoms in total. The van der Waals surface area contributed by atoms with Gasteiger partial charge in [-0.15, -0.1) is 0 Å². The average Bonchev–Trinajstić information content (AvgIpc) is 3.24. The zero-order chi connectivity index (χ0) is 18.7. The Bertz CT molecular complexity index is 914. The van der Waals surface area contributed by atoms with Gasteiger partial charge in [-0.05, 0) is 12.0 Å². The molecule has 8 heteroatoms. The Labute approximate surface area is 156 Å². The number of aromatic nitrogens is 4. The molecule has 0 aliphatic carbocycles. The maximum absolute atomic E-state index is 12.4. The third kappa shape index (κ3) is 3.62. The number of nitrogens with zero attached hydrogens (tertiary/aromatic N) is 4. The molecular formula is C18H20ClN5O2. The van der Waals surface area contributed by atoms with Gasteiger partial charge in [-0.3, -0.25) is 9.48 Å². The van der Waals surface area contributed by atoms with Crippen molar-refractivity contribution in [3.63, 3.8) is 0 Å². The molecule has 0 fully saturated rings. The normalized spacial score (nSPS) is 10.9. The lowest BCUT2D eigenvalue weighted by Gasteiger charge is -2.06. The van der Waals surface area contributed by atoms with Crippen LogP contribution in [0.2, 0.25) is 5.02 Å². The van der Waals surface area contributed by atoms with Gasteiger partial charge in [-0.2, -0.15) is 10.1 Å². The van der Waals surface area contributed by atoms with E-state index in [0.717, 1.165) is 16.8 Å². The van der Waals surface area contributed by atoms with E-state index in [0.29, 0.717) is 41.8 Å². The number of nitrogens with one attached hydrogen (secondary N) is 1. The maximum atomic E-state index is 12.4.